The van der Waals surface area contributed by atoms with E-state index in [4.69, 9.17) is 4.98 Å². The van der Waals surface area contributed by atoms with Crippen LogP contribution in [0.15, 0.2) is 164 Å². The van der Waals surface area contributed by atoms with Gasteiger partial charge in [0, 0.05) is 12.1 Å². The fraction of sp³-hybridized carbons (Fsp3) is 0.0625. The summed E-state index contributed by atoms with van der Waals surface area (Å²) in [6.45, 7) is 2.18. The third-order valence-electron chi connectivity index (χ3n) is 11.3. The summed E-state index contributed by atoms with van der Waals surface area (Å²) in [4.78, 5) is 4.95. The van der Waals surface area contributed by atoms with Crippen LogP contribution >= 0.6 is 0 Å². The van der Waals surface area contributed by atoms with Gasteiger partial charge in [0.25, 0.3) is 0 Å². The lowest BCUT2D eigenvalue weighted by Crippen LogP contribution is -2.26. The molecule has 9 aromatic rings. The van der Waals surface area contributed by atoms with Gasteiger partial charge in [-0.05, 0) is 120 Å². The van der Waals surface area contributed by atoms with Gasteiger partial charge in [0.15, 0.2) is 0 Å². The normalized spacial score (nSPS) is 13.5. The first kappa shape index (κ1) is 27.7. The van der Waals surface area contributed by atoms with Gasteiger partial charge in [-0.15, -0.1) is 0 Å². The van der Waals surface area contributed by atoms with Crippen LogP contribution in [0.25, 0.3) is 71.6 Å². The minimum absolute atomic E-state index is 0.401. The summed E-state index contributed by atoms with van der Waals surface area (Å²) in [6.07, 6.45) is 0.867. The molecule has 0 saturated carbocycles. The maximum absolute atomic E-state index is 4.95. The molecule has 0 N–H and O–H groups in total. The van der Waals surface area contributed by atoms with Crippen LogP contribution in [0.1, 0.15) is 35.0 Å². The molecule has 50 heavy (non-hydrogen) atoms. The predicted molar refractivity (Wildman–Crippen MR) is 207 cm³/mol. The molecule has 0 atom stereocenters. The second kappa shape index (κ2) is 10.1. The van der Waals surface area contributed by atoms with Crippen molar-refractivity contribution in [1.82, 2.24) is 9.55 Å². The molecule has 0 fully saturated rings. The van der Waals surface area contributed by atoms with Gasteiger partial charge in [0.1, 0.15) is 5.82 Å². The summed E-state index contributed by atoms with van der Waals surface area (Å²) in [5.74, 6) is 1.08. The molecule has 0 saturated heterocycles. The van der Waals surface area contributed by atoms with Crippen LogP contribution < -0.4 is 0 Å². The van der Waals surface area contributed by atoms with Gasteiger partial charge < -0.3 is 0 Å². The number of aryl methyl sites for hydroxylation is 1. The maximum Gasteiger partial charge on any atom is 0.114 e. The Bertz CT molecular complexity index is 2830. The molecule has 0 unspecified atom stereocenters. The zero-order chi connectivity index (χ0) is 33.0. The highest BCUT2D eigenvalue weighted by molar-refractivity contribution is 6.06. The lowest BCUT2D eigenvalue weighted by Gasteiger charge is -2.31. The van der Waals surface area contributed by atoms with Crippen molar-refractivity contribution >= 4 is 32.6 Å². The number of imidazole rings is 1. The van der Waals surface area contributed by atoms with E-state index in [9.17, 15) is 0 Å². The van der Waals surface area contributed by atoms with Crippen molar-refractivity contribution in [2.75, 3.05) is 0 Å². The zero-order valence-corrected chi connectivity index (χ0v) is 27.7. The molecule has 2 nitrogen and oxygen atoms in total. The molecule has 1 aromatic heterocycles. The molecule has 8 aromatic carbocycles. The van der Waals surface area contributed by atoms with Crippen LogP contribution in [0.4, 0.5) is 0 Å². The molecular weight excluding hydrogens is 605 g/mol. The van der Waals surface area contributed by atoms with Gasteiger partial charge >= 0.3 is 0 Å². The van der Waals surface area contributed by atoms with E-state index in [-0.39, 0.29) is 0 Å². The van der Waals surface area contributed by atoms with Gasteiger partial charge in [-0.2, -0.15) is 0 Å². The summed E-state index contributed by atoms with van der Waals surface area (Å²) >= 11 is 0. The van der Waals surface area contributed by atoms with E-state index in [0.717, 1.165) is 29.0 Å². The van der Waals surface area contributed by atoms with E-state index in [1.165, 1.54) is 77.2 Å². The van der Waals surface area contributed by atoms with E-state index in [2.05, 4.69) is 175 Å². The SMILES string of the molecule is CCc1nc2ccccc2n1-c1cccc(-c2ccc3cc4c(cc3c2)C2(c3ccccc3-c3ccccc32)c2c-4ccc3ccccc23)c1. The first-order valence-electron chi connectivity index (χ1n) is 17.6. The minimum Gasteiger partial charge on any atom is -0.296 e. The Kier molecular flexibility index (Phi) is 5.61. The molecule has 1 spiro atoms. The first-order chi connectivity index (χ1) is 24.7. The molecule has 0 amide bonds. The summed E-state index contributed by atoms with van der Waals surface area (Å²) in [5, 5.41) is 5.12. The maximum atomic E-state index is 4.95. The Balaban J connectivity index is 1.16. The number of benzene rings is 8. The number of fused-ring (bicyclic) bond motifs is 14. The van der Waals surface area contributed by atoms with E-state index >= 15 is 0 Å². The van der Waals surface area contributed by atoms with Crippen LogP contribution in [0.2, 0.25) is 0 Å². The van der Waals surface area contributed by atoms with Gasteiger partial charge in [0.2, 0.25) is 0 Å². The van der Waals surface area contributed by atoms with Crippen molar-refractivity contribution in [2.45, 2.75) is 18.8 Å². The van der Waals surface area contributed by atoms with Crippen molar-refractivity contribution in [3.8, 4) is 39.1 Å². The molecule has 2 heteroatoms. The van der Waals surface area contributed by atoms with Crippen molar-refractivity contribution in [3.63, 3.8) is 0 Å². The van der Waals surface area contributed by atoms with Crippen molar-refractivity contribution in [1.29, 1.82) is 0 Å². The topological polar surface area (TPSA) is 17.8 Å². The second-order valence-electron chi connectivity index (χ2n) is 13.8. The largest absolute Gasteiger partial charge is 0.296 e. The molecule has 0 bridgehead atoms. The van der Waals surface area contributed by atoms with E-state index in [0.29, 0.717) is 0 Å². The number of nitrogens with zero attached hydrogens (tertiary/aromatic N) is 2. The zero-order valence-electron chi connectivity index (χ0n) is 27.7. The number of rotatable bonds is 3. The molecule has 2 aliphatic carbocycles. The van der Waals surface area contributed by atoms with Crippen molar-refractivity contribution in [3.05, 3.63) is 192 Å². The Morgan fingerprint density at radius 1 is 0.500 bits per heavy atom. The van der Waals surface area contributed by atoms with E-state index in [1.807, 2.05) is 0 Å². The van der Waals surface area contributed by atoms with Gasteiger partial charge in [-0.25, -0.2) is 4.98 Å². The fourth-order valence-corrected chi connectivity index (χ4v) is 9.27. The van der Waals surface area contributed by atoms with Gasteiger partial charge in [0.05, 0.1) is 16.4 Å². The summed E-state index contributed by atoms with van der Waals surface area (Å²) in [6, 6.07) is 61.1. The lowest BCUT2D eigenvalue weighted by atomic mass is 9.69. The monoisotopic (exact) mass is 636 g/mol. The standard InChI is InChI=1S/C48H32N2/c1-2-46-49-44-20-9-10-21-45(44)50(46)35-14-11-13-31(27-35)32-22-23-33-28-40-39-25-24-30-12-3-4-15-36(30)47(39)48(43(40)29-34(33)26-32)41-18-7-5-16-37(41)38-17-6-8-19-42(38)48/h3-29H,2H2,1H3. The molecule has 1 heterocycles. The van der Waals surface area contributed by atoms with Crippen molar-refractivity contribution in [2.24, 2.45) is 0 Å². The summed E-state index contributed by atoms with van der Waals surface area (Å²) in [5.41, 5.74) is 16.2. The highest BCUT2D eigenvalue weighted by atomic mass is 15.1. The minimum atomic E-state index is -0.401. The molecule has 0 aliphatic heterocycles. The number of hydrogen-bond donors (Lipinski definition) is 0. The predicted octanol–water partition coefficient (Wildman–Crippen LogP) is 11.9. The molecule has 11 rings (SSSR count). The van der Waals surface area contributed by atoms with Crippen LogP contribution in [0.3, 0.4) is 0 Å². The Morgan fingerprint density at radius 3 is 2.06 bits per heavy atom. The third kappa shape index (κ3) is 3.55. The van der Waals surface area contributed by atoms with Crippen LogP contribution in [0.5, 0.6) is 0 Å². The number of para-hydroxylation sites is 2. The average molecular weight is 637 g/mol. The van der Waals surface area contributed by atoms with Crippen LogP contribution in [-0.4, -0.2) is 9.55 Å². The quantitative estimate of drug-likeness (QED) is 0.189. The second-order valence-corrected chi connectivity index (χ2v) is 13.8. The van der Waals surface area contributed by atoms with Crippen LogP contribution in [0, 0.1) is 0 Å². The Hall–Kier alpha value is -6.25. The number of aromatic nitrogens is 2. The molecule has 234 valence electrons. The van der Waals surface area contributed by atoms with Crippen molar-refractivity contribution < 1.29 is 0 Å². The summed E-state index contributed by atoms with van der Waals surface area (Å²) in [7, 11) is 0. The third-order valence-corrected chi connectivity index (χ3v) is 11.3. The fourth-order valence-electron chi connectivity index (χ4n) is 9.27. The van der Waals surface area contributed by atoms with Gasteiger partial charge in [-0.3, -0.25) is 4.57 Å². The smallest absolute Gasteiger partial charge is 0.114 e. The van der Waals surface area contributed by atoms with Crippen LogP contribution in [-0.2, 0) is 11.8 Å². The number of hydrogen-bond acceptors (Lipinski definition) is 1. The Morgan fingerprint density at radius 2 is 1.22 bits per heavy atom. The highest BCUT2D eigenvalue weighted by Crippen LogP contribution is 2.64. The summed E-state index contributed by atoms with van der Waals surface area (Å²) < 4.78 is 2.31. The average Bonchev–Trinajstić information content (AvgIpc) is 3.81. The molecule has 0 radical (unpaired) electrons. The first-order valence-corrected chi connectivity index (χ1v) is 17.6. The van der Waals surface area contributed by atoms with E-state index in [1.54, 1.807) is 0 Å². The lowest BCUT2D eigenvalue weighted by molar-refractivity contribution is 0.802. The molecule has 2 aliphatic rings. The Labute approximate surface area is 290 Å². The molecular formula is C48H32N2. The van der Waals surface area contributed by atoms with Gasteiger partial charge in [-0.1, -0.05) is 128 Å². The van der Waals surface area contributed by atoms with E-state index < -0.39 is 5.41 Å². The highest BCUT2D eigenvalue weighted by Gasteiger charge is 2.52.